The maximum absolute atomic E-state index is 11.1. The van der Waals surface area contributed by atoms with E-state index in [0.29, 0.717) is 5.69 Å². The number of rotatable bonds is 3. The number of nitrogens with one attached hydrogen (secondary N) is 1. The summed E-state index contributed by atoms with van der Waals surface area (Å²) in [6.45, 7) is 0. The Morgan fingerprint density at radius 2 is 2.46 bits per heavy atom. The molecular formula is C8H9N3OS. The van der Waals surface area contributed by atoms with Gasteiger partial charge < -0.3 is 11.1 Å². The lowest BCUT2D eigenvalue weighted by atomic mass is 10.3. The number of hydrogen-bond donors (Lipinski definition) is 2. The summed E-state index contributed by atoms with van der Waals surface area (Å²) in [5, 5.41) is 2.60. The molecule has 68 valence electrons. The largest absolute Gasteiger partial charge is 0.393 e. The molecule has 4 nitrogen and oxygen atoms in total. The van der Waals surface area contributed by atoms with Gasteiger partial charge in [-0.25, -0.2) is 0 Å². The lowest BCUT2D eigenvalue weighted by Gasteiger charge is -2.02. The zero-order valence-electron chi connectivity index (χ0n) is 6.86. The van der Waals surface area contributed by atoms with Crippen LogP contribution in [0.3, 0.4) is 0 Å². The molecule has 0 aromatic carbocycles. The lowest BCUT2D eigenvalue weighted by Crippen LogP contribution is -2.20. The Kier molecular flexibility index (Phi) is 3.33. The minimum absolute atomic E-state index is 0.0597. The number of nitrogens with two attached hydrogens (primary N) is 1. The first-order valence-corrected chi connectivity index (χ1v) is 4.07. The molecule has 0 atom stereocenters. The molecule has 0 aliphatic rings. The van der Waals surface area contributed by atoms with E-state index in [1.165, 1.54) is 0 Å². The summed E-state index contributed by atoms with van der Waals surface area (Å²) in [6, 6.07) is 3.47. The molecule has 0 aliphatic carbocycles. The Balaban J connectivity index is 2.50. The van der Waals surface area contributed by atoms with E-state index in [1.807, 2.05) is 0 Å². The monoisotopic (exact) mass is 195 g/mol. The molecule has 0 saturated carbocycles. The Bertz CT molecular complexity index is 312. The third-order valence-electron chi connectivity index (χ3n) is 1.28. The zero-order valence-corrected chi connectivity index (χ0v) is 7.67. The molecule has 1 amide bonds. The fraction of sp³-hybridized carbons (Fsp3) is 0.125. The minimum atomic E-state index is -0.222. The van der Waals surface area contributed by atoms with E-state index in [-0.39, 0.29) is 17.3 Å². The molecule has 0 fully saturated rings. The van der Waals surface area contributed by atoms with Gasteiger partial charge in [-0.1, -0.05) is 12.2 Å². The second-order valence-corrected chi connectivity index (χ2v) is 2.96. The second-order valence-electron chi connectivity index (χ2n) is 2.43. The van der Waals surface area contributed by atoms with E-state index >= 15 is 0 Å². The topological polar surface area (TPSA) is 68.0 Å². The van der Waals surface area contributed by atoms with Crippen molar-refractivity contribution in [2.45, 2.75) is 6.42 Å². The van der Waals surface area contributed by atoms with Crippen LogP contribution in [-0.4, -0.2) is 15.9 Å². The summed E-state index contributed by atoms with van der Waals surface area (Å²) in [6.07, 6.45) is 3.24. The fourth-order valence-electron chi connectivity index (χ4n) is 0.800. The van der Waals surface area contributed by atoms with Crippen LogP contribution in [0.25, 0.3) is 0 Å². The van der Waals surface area contributed by atoms with Crippen LogP contribution in [0.15, 0.2) is 24.5 Å². The van der Waals surface area contributed by atoms with Crippen LogP contribution in [0.2, 0.25) is 0 Å². The molecule has 1 aromatic rings. The molecular weight excluding hydrogens is 186 g/mol. The van der Waals surface area contributed by atoms with Gasteiger partial charge in [0.05, 0.1) is 23.3 Å². The Hall–Kier alpha value is -1.49. The van der Waals surface area contributed by atoms with E-state index in [0.717, 1.165) is 0 Å². The molecule has 0 spiro atoms. The molecule has 1 aromatic heterocycles. The highest BCUT2D eigenvalue weighted by Gasteiger charge is 2.02. The highest BCUT2D eigenvalue weighted by molar-refractivity contribution is 7.80. The van der Waals surface area contributed by atoms with E-state index in [1.54, 1.807) is 24.5 Å². The van der Waals surface area contributed by atoms with Crippen LogP contribution < -0.4 is 11.1 Å². The standard InChI is InChI=1S/C8H9N3OS/c9-7(13)4-8(12)11-6-2-1-3-10-5-6/h1-3,5H,4H2,(H2,9,13)(H,11,12). The van der Waals surface area contributed by atoms with Gasteiger partial charge in [-0.3, -0.25) is 9.78 Å². The van der Waals surface area contributed by atoms with E-state index in [4.69, 9.17) is 5.73 Å². The SMILES string of the molecule is NC(=S)CC(=O)Nc1cccnc1. The summed E-state index contributed by atoms with van der Waals surface area (Å²) in [5.74, 6) is -0.222. The summed E-state index contributed by atoms with van der Waals surface area (Å²) < 4.78 is 0. The van der Waals surface area contributed by atoms with Gasteiger partial charge in [0.2, 0.25) is 5.91 Å². The van der Waals surface area contributed by atoms with Gasteiger partial charge >= 0.3 is 0 Å². The third kappa shape index (κ3) is 3.62. The molecule has 5 heteroatoms. The summed E-state index contributed by atoms with van der Waals surface area (Å²) in [4.78, 5) is 15.1. The Morgan fingerprint density at radius 3 is 3.00 bits per heavy atom. The van der Waals surface area contributed by atoms with Gasteiger partial charge in [0.25, 0.3) is 0 Å². The molecule has 1 rings (SSSR count). The smallest absolute Gasteiger partial charge is 0.231 e. The van der Waals surface area contributed by atoms with E-state index in [9.17, 15) is 4.79 Å². The second kappa shape index (κ2) is 4.51. The van der Waals surface area contributed by atoms with Crippen LogP contribution in [-0.2, 0) is 4.79 Å². The third-order valence-corrected chi connectivity index (χ3v) is 1.42. The minimum Gasteiger partial charge on any atom is -0.393 e. The Morgan fingerprint density at radius 1 is 1.69 bits per heavy atom. The first-order valence-electron chi connectivity index (χ1n) is 3.66. The average Bonchev–Trinajstić information content (AvgIpc) is 2.04. The first-order chi connectivity index (χ1) is 6.18. The molecule has 0 bridgehead atoms. The van der Waals surface area contributed by atoms with Crippen molar-refractivity contribution in [2.24, 2.45) is 5.73 Å². The van der Waals surface area contributed by atoms with Gasteiger partial charge in [-0.15, -0.1) is 0 Å². The number of hydrogen-bond acceptors (Lipinski definition) is 3. The Labute approximate surface area is 81.2 Å². The maximum atomic E-state index is 11.1. The normalized spacial score (nSPS) is 9.23. The van der Waals surface area contributed by atoms with Crippen LogP contribution >= 0.6 is 12.2 Å². The quantitative estimate of drug-likeness (QED) is 0.696. The lowest BCUT2D eigenvalue weighted by molar-refractivity contribution is -0.115. The molecule has 1 heterocycles. The number of amides is 1. The number of thiocarbonyl (C=S) groups is 1. The highest BCUT2D eigenvalue weighted by atomic mass is 32.1. The van der Waals surface area contributed by atoms with Gasteiger partial charge in [0, 0.05) is 6.20 Å². The van der Waals surface area contributed by atoms with Crippen molar-refractivity contribution in [1.29, 1.82) is 0 Å². The average molecular weight is 195 g/mol. The predicted molar refractivity (Wildman–Crippen MR) is 54.3 cm³/mol. The zero-order chi connectivity index (χ0) is 9.68. The first kappa shape index (κ1) is 9.60. The number of carbonyl (C=O) groups excluding carboxylic acids is 1. The number of nitrogens with zero attached hydrogens (tertiary/aromatic N) is 1. The van der Waals surface area contributed by atoms with Crippen molar-refractivity contribution < 1.29 is 4.79 Å². The van der Waals surface area contributed by atoms with Crippen LogP contribution in [0.1, 0.15) is 6.42 Å². The van der Waals surface area contributed by atoms with Crippen LogP contribution in [0, 0.1) is 0 Å². The highest BCUT2D eigenvalue weighted by Crippen LogP contribution is 2.02. The number of aromatic nitrogens is 1. The maximum Gasteiger partial charge on any atom is 0.231 e. The molecule has 0 saturated heterocycles. The molecule has 13 heavy (non-hydrogen) atoms. The molecule has 0 aliphatic heterocycles. The van der Waals surface area contributed by atoms with Crippen molar-refractivity contribution in [2.75, 3.05) is 5.32 Å². The van der Waals surface area contributed by atoms with Crippen molar-refractivity contribution in [1.82, 2.24) is 4.98 Å². The summed E-state index contributed by atoms with van der Waals surface area (Å²) in [5.41, 5.74) is 5.84. The summed E-state index contributed by atoms with van der Waals surface area (Å²) >= 11 is 4.59. The van der Waals surface area contributed by atoms with E-state index in [2.05, 4.69) is 22.5 Å². The van der Waals surface area contributed by atoms with Crippen molar-refractivity contribution >= 4 is 28.8 Å². The van der Waals surface area contributed by atoms with Gasteiger partial charge in [-0.05, 0) is 12.1 Å². The summed E-state index contributed by atoms with van der Waals surface area (Å²) in [7, 11) is 0. The molecule has 0 unspecified atom stereocenters. The predicted octanol–water partition coefficient (Wildman–Crippen LogP) is 0.696. The van der Waals surface area contributed by atoms with Gasteiger partial charge in [-0.2, -0.15) is 0 Å². The van der Waals surface area contributed by atoms with Crippen LogP contribution in [0.4, 0.5) is 5.69 Å². The van der Waals surface area contributed by atoms with Crippen molar-refractivity contribution in [3.05, 3.63) is 24.5 Å². The van der Waals surface area contributed by atoms with Crippen molar-refractivity contribution in [3.8, 4) is 0 Å². The van der Waals surface area contributed by atoms with Crippen molar-refractivity contribution in [3.63, 3.8) is 0 Å². The van der Waals surface area contributed by atoms with Gasteiger partial charge in [0.15, 0.2) is 0 Å². The molecule has 3 N–H and O–H groups in total. The number of carbonyl (C=O) groups is 1. The molecule has 0 radical (unpaired) electrons. The van der Waals surface area contributed by atoms with Crippen LogP contribution in [0.5, 0.6) is 0 Å². The van der Waals surface area contributed by atoms with E-state index < -0.39 is 0 Å². The van der Waals surface area contributed by atoms with Gasteiger partial charge in [0.1, 0.15) is 0 Å². The number of anilines is 1. The fourth-order valence-corrected chi connectivity index (χ4v) is 0.931. The number of pyridine rings is 1.